The molecule has 4 aromatic rings. The van der Waals surface area contributed by atoms with Crippen LogP contribution in [0.25, 0.3) is 0 Å². The van der Waals surface area contributed by atoms with Crippen LogP contribution in [0.3, 0.4) is 0 Å². The number of carbonyl (C=O) groups excluding carboxylic acids is 2. The van der Waals surface area contributed by atoms with Gasteiger partial charge in [0.25, 0.3) is 0 Å². The molecule has 38 heavy (non-hydrogen) atoms. The van der Waals surface area contributed by atoms with E-state index in [9.17, 15) is 19.8 Å². The number of carbonyl (C=O) groups is 2. The molecule has 0 radical (unpaired) electrons. The van der Waals surface area contributed by atoms with Crippen molar-refractivity contribution in [1.29, 1.82) is 0 Å². The van der Waals surface area contributed by atoms with Crippen molar-refractivity contribution in [3.8, 4) is 0 Å². The van der Waals surface area contributed by atoms with Gasteiger partial charge in [-0.05, 0) is 60.7 Å². The second kappa shape index (κ2) is 14.3. The lowest BCUT2D eigenvalue weighted by Crippen LogP contribution is -2.33. The average Bonchev–Trinajstić information content (AvgIpc) is 2.94. The number of para-hydroxylation sites is 4. The Morgan fingerprint density at radius 1 is 0.447 bits per heavy atom. The Bertz CT molecular complexity index is 1100. The van der Waals surface area contributed by atoms with Crippen LogP contribution in [0.1, 0.15) is 0 Å². The van der Waals surface area contributed by atoms with E-state index in [2.05, 4.69) is 150 Å². The van der Waals surface area contributed by atoms with Gasteiger partial charge in [-0.25, -0.2) is 0 Å². The van der Waals surface area contributed by atoms with E-state index in [0.29, 0.717) is 12.2 Å². The highest BCUT2D eigenvalue weighted by molar-refractivity contribution is 5.87. The fourth-order valence-corrected chi connectivity index (χ4v) is 3.64. The molecule has 4 aromatic carbocycles. The van der Waals surface area contributed by atoms with Crippen LogP contribution in [0.15, 0.2) is 133 Å². The second-order valence-corrected chi connectivity index (χ2v) is 9.22. The van der Waals surface area contributed by atoms with Crippen molar-refractivity contribution in [1.82, 2.24) is 8.97 Å². The molecule has 6 heteroatoms. The summed E-state index contributed by atoms with van der Waals surface area (Å²) in [5, 5.41) is 18.8. The Hall–Kier alpha value is -4.52. The molecular formula is C32H34N2O4. The highest BCUT2D eigenvalue weighted by Crippen LogP contribution is 2.30. The first kappa shape index (κ1) is 29.7. The Kier molecular flexibility index (Phi) is 11.2. The summed E-state index contributed by atoms with van der Waals surface area (Å²) in [4.78, 5) is 18.8. The maximum atomic E-state index is 9.41. The quantitative estimate of drug-likeness (QED) is 0.287. The van der Waals surface area contributed by atoms with Crippen molar-refractivity contribution in [2.45, 2.75) is 0 Å². The standard InChI is InChI=1S/2C14H16N.C4H4O4/c2*1-15(2,13-9-5-3-6-10-13)14-11-7-4-8-12-14;5-3(6)1-2-4(7)8/h2*3-12H,1-2H3;1-2H,(H,5,6)(H,7,8)/q2*+1;/p-2/b;;2-1+. The van der Waals surface area contributed by atoms with Crippen molar-refractivity contribution in [2.75, 3.05) is 28.2 Å². The number of hydrogen-bond acceptors (Lipinski definition) is 4. The Morgan fingerprint density at radius 2 is 0.632 bits per heavy atom. The molecule has 0 saturated carbocycles. The molecule has 4 rings (SSSR count). The van der Waals surface area contributed by atoms with Gasteiger partial charge in [-0.1, -0.05) is 72.8 Å². The summed E-state index contributed by atoms with van der Waals surface area (Å²) in [6, 6.07) is 42.1. The topological polar surface area (TPSA) is 80.3 Å². The lowest BCUT2D eigenvalue weighted by atomic mass is 10.2. The lowest BCUT2D eigenvalue weighted by Gasteiger charge is -2.28. The van der Waals surface area contributed by atoms with Crippen molar-refractivity contribution in [3.63, 3.8) is 0 Å². The zero-order valence-electron chi connectivity index (χ0n) is 22.2. The molecule has 0 unspecified atom stereocenters. The van der Waals surface area contributed by atoms with Gasteiger partial charge in [0.2, 0.25) is 0 Å². The third-order valence-electron chi connectivity index (χ3n) is 5.96. The second-order valence-electron chi connectivity index (χ2n) is 9.22. The van der Waals surface area contributed by atoms with Gasteiger partial charge in [0, 0.05) is 0 Å². The van der Waals surface area contributed by atoms with Crippen molar-refractivity contribution in [3.05, 3.63) is 133 Å². The number of aliphatic carboxylic acids is 2. The molecule has 196 valence electrons. The average molecular weight is 511 g/mol. The highest BCUT2D eigenvalue weighted by Gasteiger charge is 2.21. The van der Waals surface area contributed by atoms with E-state index in [4.69, 9.17) is 0 Å². The first-order chi connectivity index (χ1) is 18.0. The van der Waals surface area contributed by atoms with Crippen molar-refractivity contribution >= 4 is 34.7 Å². The Labute approximate surface area is 225 Å². The van der Waals surface area contributed by atoms with Gasteiger partial charge < -0.3 is 19.8 Å². The van der Waals surface area contributed by atoms with Crippen LogP contribution in [0.5, 0.6) is 0 Å². The number of hydrogen-bond donors (Lipinski definition) is 0. The fourth-order valence-electron chi connectivity index (χ4n) is 3.64. The smallest absolute Gasteiger partial charge is 0.137 e. The summed E-state index contributed by atoms with van der Waals surface area (Å²) >= 11 is 0. The zero-order chi connectivity index (χ0) is 28.0. The van der Waals surface area contributed by atoms with Gasteiger partial charge in [-0.15, -0.1) is 0 Å². The SMILES string of the molecule is C[N+](C)(c1ccccc1)c1ccccc1.C[N+](C)(c1ccccc1)c1ccccc1.O=C([O-])/C=C/C(=O)[O-]. The summed E-state index contributed by atoms with van der Waals surface area (Å²) in [7, 11) is 8.80. The molecule has 0 N–H and O–H groups in total. The summed E-state index contributed by atoms with van der Waals surface area (Å²) in [5.41, 5.74) is 5.18. The van der Waals surface area contributed by atoms with Crippen LogP contribution < -0.4 is 19.2 Å². The normalized spacial score (nSPS) is 10.9. The van der Waals surface area contributed by atoms with E-state index in [1.165, 1.54) is 22.7 Å². The van der Waals surface area contributed by atoms with Crippen LogP contribution in [-0.4, -0.2) is 40.1 Å². The number of benzene rings is 4. The van der Waals surface area contributed by atoms with E-state index >= 15 is 0 Å². The molecule has 0 amide bonds. The Morgan fingerprint density at radius 3 is 0.789 bits per heavy atom. The molecule has 0 spiro atoms. The minimum atomic E-state index is -1.55. The largest absolute Gasteiger partial charge is 0.545 e. The third kappa shape index (κ3) is 9.17. The molecule has 0 saturated heterocycles. The van der Waals surface area contributed by atoms with Crippen LogP contribution >= 0.6 is 0 Å². The molecule has 0 atom stereocenters. The molecule has 0 heterocycles. The minimum absolute atomic E-state index is 0.384. The monoisotopic (exact) mass is 510 g/mol. The summed E-state index contributed by atoms with van der Waals surface area (Å²) < 4.78 is 1.56. The molecule has 0 bridgehead atoms. The number of carboxylic acid groups (broad SMARTS) is 2. The van der Waals surface area contributed by atoms with Crippen LogP contribution in [0, 0.1) is 0 Å². The third-order valence-corrected chi connectivity index (χ3v) is 5.96. The molecule has 6 nitrogen and oxygen atoms in total. The maximum absolute atomic E-state index is 9.41. The van der Waals surface area contributed by atoms with Gasteiger partial charge in [-0.2, -0.15) is 0 Å². The molecule has 0 aliphatic rings. The van der Waals surface area contributed by atoms with E-state index in [1.54, 1.807) is 0 Å². The fraction of sp³-hybridized carbons (Fsp3) is 0.125. The number of carboxylic acids is 2. The van der Waals surface area contributed by atoms with Gasteiger partial charge >= 0.3 is 0 Å². The number of quaternary nitrogens is 2. The van der Waals surface area contributed by atoms with Crippen molar-refractivity contribution in [2.24, 2.45) is 0 Å². The minimum Gasteiger partial charge on any atom is -0.545 e. The van der Waals surface area contributed by atoms with Crippen LogP contribution in [0.4, 0.5) is 22.7 Å². The van der Waals surface area contributed by atoms with Crippen molar-refractivity contribution < 1.29 is 19.8 Å². The maximum Gasteiger partial charge on any atom is 0.137 e. The first-order valence-corrected chi connectivity index (χ1v) is 12.1. The molecule has 0 aliphatic carbocycles. The van der Waals surface area contributed by atoms with Crippen LogP contribution in [0.2, 0.25) is 0 Å². The van der Waals surface area contributed by atoms with E-state index < -0.39 is 11.9 Å². The van der Waals surface area contributed by atoms with E-state index in [1.807, 2.05) is 0 Å². The summed E-state index contributed by atoms with van der Waals surface area (Å²) in [5.74, 6) is -3.09. The Balaban J connectivity index is 0.000000211. The van der Waals surface area contributed by atoms with Gasteiger partial charge in [0.1, 0.15) is 22.7 Å². The summed E-state index contributed by atoms with van der Waals surface area (Å²) in [6.45, 7) is 0. The van der Waals surface area contributed by atoms with Gasteiger partial charge in [0.05, 0.1) is 40.1 Å². The molecular weight excluding hydrogens is 476 g/mol. The van der Waals surface area contributed by atoms with Gasteiger partial charge in [-0.3, -0.25) is 8.97 Å². The number of nitrogens with zero attached hydrogens (tertiary/aromatic N) is 2. The zero-order valence-corrected chi connectivity index (χ0v) is 22.2. The van der Waals surface area contributed by atoms with E-state index in [-0.39, 0.29) is 0 Å². The number of rotatable bonds is 6. The van der Waals surface area contributed by atoms with Gasteiger partial charge in [0.15, 0.2) is 0 Å². The molecule has 0 fully saturated rings. The predicted octanol–water partition coefficient (Wildman–Crippen LogP) is 4.21. The summed E-state index contributed by atoms with van der Waals surface area (Å²) in [6.07, 6.45) is 0.769. The van der Waals surface area contributed by atoms with E-state index in [0.717, 1.165) is 8.97 Å². The first-order valence-electron chi connectivity index (χ1n) is 12.1. The lowest BCUT2D eigenvalue weighted by molar-refractivity contribution is -0.301. The highest BCUT2D eigenvalue weighted by atomic mass is 16.4. The molecule has 0 aromatic heterocycles. The van der Waals surface area contributed by atoms with Crippen LogP contribution in [-0.2, 0) is 9.59 Å². The predicted molar refractivity (Wildman–Crippen MR) is 152 cm³/mol. The molecule has 0 aliphatic heterocycles.